The molecule has 0 fully saturated rings. The highest BCUT2D eigenvalue weighted by molar-refractivity contribution is 6.30. The second-order valence-electron chi connectivity index (χ2n) is 4.28. The monoisotopic (exact) mass is 290 g/mol. The molecule has 0 amide bonds. The van der Waals surface area contributed by atoms with Crippen molar-refractivity contribution < 1.29 is 19.0 Å². The van der Waals surface area contributed by atoms with E-state index in [1.165, 1.54) is 0 Å². The molecule has 20 heavy (non-hydrogen) atoms. The van der Waals surface area contributed by atoms with Gasteiger partial charge in [-0.05, 0) is 23.8 Å². The van der Waals surface area contributed by atoms with Crippen molar-refractivity contribution in [3.8, 4) is 17.2 Å². The highest BCUT2D eigenvalue weighted by Gasteiger charge is 2.17. The van der Waals surface area contributed by atoms with Crippen molar-refractivity contribution in [2.24, 2.45) is 0 Å². The number of carbonyl (C=O) groups is 1. The van der Waals surface area contributed by atoms with Crippen LogP contribution in [0.2, 0.25) is 5.02 Å². The third-order valence-electron chi connectivity index (χ3n) is 2.92. The number of ether oxygens (including phenoxy) is 3. The standard InChI is InChI=1S/C15H11ClO4/c16-12-3-1-2-10(4-12)8-18-13-6-15-14(19-9-20-15)5-11(13)7-17/h1-7H,8-9H2. The molecule has 0 aliphatic carbocycles. The summed E-state index contributed by atoms with van der Waals surface area (Å²) in [6.45, 7) is 0.479. The van der Waals surface area contributed by atoms with Crippen LogP contribution in [0.3, 0.4) is 0 Å². The number of halogens is 1. The zero-order chi connectivity index (χ0) is 13.9. The first-order chi connectivity index (χ1) is 9.76. The zero-order valence-corrected chi connectivity index (χ0v) is 11.2. The third-order valence-corrected chi connectivity index (χ3v) is 3.15. The van der Waals surface area contributed by atoms with E-state index < -0.39 is 0 Å². The molecular formula is C15H11ClO4. The van der Waals surface area contributed by atoms with Crippen LogP contribution >= 0.6 is 11.6 Å². The lowest BCUT2D eigenvalue weighted by molar-refractivity contribution is 0.111. The van der Waals surface area contributed by atoms with E-state index in [0.717, 1.165) is 11.8 Å². The summed E-state index contributed by atoms with van der Waals surface area (Å²) < 4.78 is 16.2. The fourth-order valence-corrected chi connectivity index (χ4v) is 2.16. The van der Waals surface area contributed by atoms with Crippen LogP contribution < -0.4 is 14.2 Å². The van der Waals surface area contributed by atoms with Gasteiger partial charge in [-0.15, -0.1) is 0 Å². The molecule has 0 spiro atoms. The van der Waals surface area contributed by atoms with Crippen molar-refractivity contribution in [3.05, 3.63) is 52.5 Å². The van der Waals surface area contributed by atoms with Gasteiger partial charge in [0.25, 0.3) is 0 Å². The molecular weight excluding hydrogens is 280 g/mol. The Morgan fingerprint density at radius 3 is 2.75 bits per heavy atom. The molecule has 1 heterocycles. The van der Waals surface area contributed by atoms with Gasteiger partial charge in [0.05, 0.1) is 5.56 Å². The van der Waals surface area contributed by atoms with Gasteiger partial charge in [0, 0.05) is 11.1 Å². The molecule has 1 aliphatic heterocycles. The first-order valence-corrected chi connectivity index (χ1v) is 6.40. The van der Waals surface area contributed by atoms with Gasteiger partial charge in [-0.25, -0.2) is 0 Å². The van der Waals surface area contributed by atoms with E-state index in [4.69, 9.17) is 25.8 Å². The molecule has 3 rings (SSSR count). The first kappa shape index (κ1) is 12.8. The Morgan fingerprint density at radius 2 is 2.00 bits per heavy atom. The summed E-state index contributed by atoms with van der Waals surface area (Å²) in [5, 5.41) is 0.646. The molecule has 2 aromatic carbocycles. The molecule has 102 valence electrons. The maximum absolute atomic E-state index is 11.1. The second kappa shape index (κ2) is 5.43. The Morgan fingerprint density at radius 1 is 1.20 bits per heavy atom. The van der Waals surface area contributed by atoms with Gasteiger partial charge in [0.1, 0.15) is 12.4 Å². The number of fused-ring (bicyclic) bond motifs is 1. The van der Waals surface area contributed by atoms with Gasteiger partial charge < -0.3 is 14.2 Å². The van der Waals surface area contributed by atoms with Gasteiger partial charge in [-0.2, -0.15) is 0 Å². The Hall–Kier alpha value is -2.20. The summed E-state index contributed by atoms with van der Waals surface area (Å²) >= 11 is 5.91. The molecule has 0 atom stereocenters. The lowest BCUT2D eigenvalue weighted by Gasteiger charge is -2.09. The quantitative estimate of drug-likeness (QED) is 0.809. The van der Waals surface area contributed by atoms with Crippen LogP contribution in [-0.4, -0.2) is 13.1 Å². The van der Waals surface area contributed by atoms with E-state index in [2.05, 4.69) is 0 Å². The second-order valence-corrected chi connectivity index (χ2v) is 4.72. The number of hydrogen-bond donors (Lipinski definition) is 0. The van der Waals surface area contributed by atoms with Crippen molar-refractivity contribution in [3.63, 3.8) is 0 Å². The van der Waals surface area contributed by atoms with Crippen molar-refractivity contribution in [1.29, 1.82) is 0 Å². The molecule has 0 saturated heterocycles. The summed E-state index contributed by atoms with van der Waals surface area (Å²) in [4.78, 5) is 11.1. The maximum atomic E-state index is 11.1. The number of carbonyl (C=O) groups excluding carboxylic acids is 1. The Labute approximate surface area is 120 Å². The van der Waals surface area contributed by atoms with Crippen LogP contribution in [-0.2, 0) is 6.61 Å². The van der Waals surface area contributed by atoms with Crippen LogP contribution in [0.15, 0.2) is 36.4 Å². The van der Waals surface area contributed by atoms with Crippen molar-refractivity contribution in [2.75, 3.05) is 6.79 Å². The van der Waals surface area contributed by atoms with Gasteiger partial charge in [0.2, 0.25) is 6.79 Å². The van der Waals surface area contributed by atoms with E-state index in [9.17, 15) is 4.79 Å². The molecule has 5 heteroatoms. The maximum Gasteiger partial charge on any atom is 0.231 e. The predicted octanol–water partition coefficient (Wildman–Crippen LogP) is 3.46. The van der Waals surface area contributed by atoms with E-state index in [1.54, 1.807) is 18.2 Å². The van der Waals surface area contributed by atoms with Gasteiger partial charge in [-0.1, -0.05) is 23.7 Å². The minimum Gasteiger partial charge on any atom is -0.488 e. The van der Waals surface area contributed by atoms with E-state index in [0.29, 0.717) is 34.4 Å². The predicted molar refractivity (Wildman–Crippen MR) is 73.7 cm³/mol. The molecule has 0 unspecified atom stereocenters. The van der Waals surface area contributed by atoms with E-state index in [-0.39, 0.29) is 6.79 Å². The number of rotatable bonds is 4. The molecule has 0 aromatic heterocycles. The Bertz CT molecular complexity index is 654. The SMILES string of the molecule is O=Cc1cc2c(cc1OCc1cccc(Cl)c1)OCO2. The first-order valence-electron chi connectivity index (χ1n) is 6.02. The fraction of sp³-hybridized carbons (Fsp3) is 0.133. The van der Waals surface area contributed by atoms with Gasteiger partial charge in [0.15, 0.2) is 17.8 Å². The topological polar surface area (TPSA) is 44.8 Å². The highest BCUT2D eigenvalue weighted by Crippen LogP contribution is 2.37. The molecule has 1 aliphatic rings. The van der Waals surface area contributed by atoms with Crippen LogP contribution in [0.25, 0.3) is 0 Å². The van der Waals surface area contributed by atoms with Crippen LogP contribution in [0.4, 0.5) is 0 Å². The van der Waals surface area contributed by atoms with Gasteiger partial charge in [-0.3, -0.25) is 4.79 Å². The summed E-state index contributed by atoms with van der Waals surface area (Å²) in [6, 6.07) is 10.6. The van der Waals surface area contributed by atoms with Crippen molar-refractivity contribution in [2.45, 2.75) is 6.61 Å². The van der Waals surface area contributed by atoms with Crippen LogP contribution in [0, 0.1) is 0 Å². The lowest BCUT2D eigenvalue weighted by Crippen LogP contribution is -1.98. The highest BCUT2D eigenvalue weighted by atomic mass is 35.5. The molecule has 4 nitrogen and oxygen atoms in total. The summed E-state index contributed by atoms with van der Waals surface area (Å²) in [6.07, 6.45) is 0.731. The number of hydrogen-bond acceptors (Lipinski definition) is 4. The molecule has 0 saturated carbocycles. The zero-order valence-electron chi connectivity index (χ0n) is 10.5. The Balaban J connectivity index is 1.82. The minimum atomic E-state index is 0.158. The average Bonchev–Trinajstić information content (AvgIpc) is 2.91. The average molecular weight is 291 g/mol. The minimum absolute atomic E-state index is 0.158. The molecule has 2 aromatic rings. The Kier molecular flexibility index (Phi) is 3.48. The third kappa shape index (κ3) is 2.56. The van der Waals surface area contributed by atoms with E-state index in [1.807, 2.05) is 18.2 Å². The number of aldehydes is 1. The largest absolute Gasteiger partial charge is 0.488 e. The smallest absolute Gasteiger partial charge is 0.231 e. The summed E-state index contributed by atoms with van der Waals surface area (Å²) in [5.74, 6) is 1.60. The van der Waals surface area contributed by atoms with Gasteiger partial charge >= 0.3 is 0 Å². The fourth-order valence-electron chi connectivity index (χ4n) is 1.94. The normalized spacial score (nSPS) is 12.2. The molecule has 0 bridgehead atoms. The van der Waals surface area contributed by atoms with Crippen LogP contribution in [0.1, 0.15) is 15.9 Å². The van der Waals surface area contributed by atoms with Crippen LogP contribution in [0.5, 0.6) is 17.2 Å². The van der Waals surface area contributed by atoms with Crippen molar-refractivity contribution in [1.82, 2.24) is 0 Å². The molecule has 0 radical (unpaired) electrons. The van der Waals surface area contributed by atoms with Crippen molar-refractivity contribution >= 4 is 17.9 Å². The summed E-state index contributed by atoms with van der Waals surface area (Å²) in [7, 11) is 0. The summed E-state index contributed by atoms with van der Waals surface area (Å²) in [5.41, 5.74) is 1.35. The van der Waals surface area contributed by atoms with E-state index >= 15 is 0 Å². The lowest BCUT2D eigenvalue weighted by atomic mass is 10.2. The molecule has 0 N–H and O–H groups in total. The number of benzene rings is 2.